The molecule has 1 aromatic rings. The highest BCUT2D eigenvalue weighted by Gasteiger charge is 2.12. The van der Waals surface area contributed by atoms with Gasteiger partial charge in [-0.15, -0.1) is 11.3 Å². The molecular formula is C12H20OS. The predicted octanol–water partition coefficient (Wildman–Crippen LogP) is 3.78. The molecule has 1 aromatic heterocycles. The van der Waals surface area contributed by atoms with E-state index in [9.17, 15) is 5.11 Å². The third-order valence-electron chi connectivity index (χ3n) is 2.68. The van der Waals surface area contributed by atoms with Crippen molar-refractivity contribution >= 4 is 11.3 Å². The van der Waals surface area contributed by atoms with Crippen LogP contribution in [0.3, 0.4) is 0 Å². The average molecular weight is 212 g/mol. The molecule has 80 valence electrons. The first-order valence-corrected chi connectivity index (χ1v) is 6.25. The van der Waals surface area contributed by atoms with Crippen molar-refractivity contribution in [3.63, 3.8) is 0 Å². The van der Waals surface area contributed by atoms with Crippen molar-refractivity contribution < 1.29 is 5.11 Å². The van der Waals surface area contributed by atoms with Gasteiger partial charge in [-0.3, -0.25) is 0 Å². The summed E-state index contributed by atoms with van der Waals surface area (Å²) in [5.74, 6) is 0.608. The third-order valence-corrected chi connectivity index (χ3v) is 4.01. The van der Waals surface area contributed by atoms with Crippen LogP contribution in [0.4, 0.5) is 0 Å². The summed E-state index contributed by atoms with van der Waals surface area (Å²) in [5, 5.41) is 9.94. The lowest BCUT2D eigenvalue weighted by Gasteiger charge is -2.13. The van der Waals surface area contributed by atoms with E-state index in [1.165, 1.54) is 4.88 Å². The van der Waals surface area contributed by atoms with Crippen molar-refractivity contribution in [2.45, 2.75) is 46.1 Å². The molecule has 0 saturated carbocycles. The second-order valence-electron chi connectivity index (χ2n) is 3.92. The summed E-state index contributed by atoms with van der Waals surface area (Å²) in [6.07, 6.45) is 2.85. The average Bonchev–Trinajstić information content (AvgIpc) is 2.65. The van der Waals surface area contributed by atoms with Gasteiger partial charge in [-0.2, -0.15) is 0 Å². The van der Waals surface area contributed by atoms with Crippen molar-refractivity contribution in [3.8, 4) is 0 Å². The summed E-state index contributed by atoms with van der Waals surface area (Å²) >= 11 is 1.74. The first-order valence-electron chi connectivity index (χ1n) is 5.44. The number of aliphatic hydroxyl groups excluding tert-OH is 1. The fourth-order valence-corrected chi connectivity index (χ4v) is 2.38. The minimum absolute atomic E-state index is 0.254. The van der Waals surface area contributed by atoms with E-state index in [1.54, 1.807) is 11.3 Å². The van der Waals surface area contributed by atoms with Gasteiger partial charge in [0.15, 0.2) is 0 Å². The molecule has 1 rings (SSSR count). The largest absolute Gasteiger partial charge is 0.388 e. The van der Waals surface area contributed by atoms with Gasteiger partial charge >= 0.3 is 0 Å². The van der Waals surface area contributed by atoms with Gasteiger partial charge in [0.1, 0.15) is 0 Å². The summed E-state index contributed by atoms with van der Waals surface area (Å²) in [6.45, 7) is 6.51. The van der Waals surface area contributed by atoms with Gasteiger partial charge in [-0.1, -0.05) is 27.2 Å². The van der Waals surface area contributed by atoms with E-state index in [1.807, 2.05) is 0 Å². The van der Waals surface area contributed by atoms with Crippen molar-refractivity contribution in [2.24, 2.45) is 5.92 Å². The van der Waals surface area contributed by atoms with Crippen LogP contribution in [0.1, 0.15) is 49.5 Å². The summed E-state index contributed by atoms with van der Waals surface area (Å²) in [6, 6.07) is 4.19. The fraction of sp³-hybridized carbons (Fsp3) is 0.667. The first-order chi connectivity index (χ1) is 6.67. The summed E-state index contributed by atoms with van der Waals surface area (Å²) in [4.78, 5) is 2.49. The Bertz CT molecular complexity index is 267. The van der Waals surface area contributed by atoms with Crippen LogP contribution in [0, 0.1) is 5.92 Å². The van der Waals surface area contributed by atoms with E-state index in [0.29, 0.717) is 5.92 Å². The Morgan fingerprint density at radius 2 is 2.07 bits per heavy atom. The smallest absolute Gasteiger partial charge is 0.0884 e. The van der Waals surface area contributed by atoms with Crippen LogP contribution in [0.25, 0.3) is 0 Å². The lowest BCUT2D eigenvalue weighted by molar-refractivity contribution is 0.150. The van der Waals surface area contributed by atoms with Crippen molar-refractivity contribution in [1.82, 2.24) is 0 Å². The Morgan fingerprint density at radius 1 is 1.36 bits per heavy atom. The molecule has 0 aliphatic carbocycles. The molecule has 2 heteroatoms. The zero-order chi connectivity index (χ0) is 10.6. The molecule has 1 N–H and O–H groups in total. The highest BCUT2D eigenvalue weighted by molar-refractivity contribution is 7.12. The molecule has 0 saturated heterocycles. The normalized spacial score (nSPS) is 15.4. The Labute approximate surface area is 90.8 Å². The van der Waals surface area contributed by atoms with Crippen molar-refractivity contribution in [2.75, 3.05) is 0 Å². The minimum Gasteiger partial charge on any atom is -0.388 e. The molecule has 0 spiro atoms. The maximum Gasteiger partial charge on any atom is 0.0884 e. The van der Waals surface area contributed by atoms with Crippen molar-refractivity contribution in [1.29, 1.82) is 0 Å². The third kappa shape index (κ3) is 3.10. The summed E-state index contributed by atoms with van der Waals surface area (Å²) < 4.78 is 0. The van der Waals surface area contributed by atoms with E-state index < -0.39 is 0 Å². The molecule has 2 atom stereocenters. The molecule has 0 bridgehead atoms. The van der Waals surface area contributed by atoms with Gasteiger partial charge < -0.3 is 5.11 Å². The van der Waals surface area contributed by atoms with Crippen LogP contribution in [-0.2, 0) is 6.42 Å². The standard InChI is InChI=1S/C12H20OS/c1-4-9(3)8-11(13)12-7-6-10(5-2)14-12/h6-7,9,11,13H,4-5,8H2,1-3H3. The van der Waals surface area contributed by atoms with Gasteiger partial charge in [-0.05, 0) is 30.9 Å². The molecule has 1 heterocycles. The molecule has 0 aliphatic rings. The first kappa shape index (κ1) is 11.7. The zero-order valence-electron chi connectivity index (χ0n) is 9.29. The molecule has 0 aliphatic heterocycles. The number of aryl methyl sites for hydroxylation is 1. The minimum atomic E-state index is -0.254. The topological polar surface area (TPSA) is 20.2 Å². The lowest BCUT2D eigenvalue weighted by Crippen LogP contribution is -2.01. The molecule has 1 nitrogen and oxygen atoms in total. The Morgan fingerprint density at radius 3 is 2.57 bits per heavy atom. The van der Waals surface area contributed by atoms with Gasteiger partial charge in [0.25, 0.3) is 0 Å². The van der Waals surface area contributed by atoms with Crippen LogP contribution in [0.2, 0.25) is 0 Å². The molecule has 0 amide bonds. The number of hydrogen-bond acceptors (Lipinski definition) is 2. The molecule has 0 fully saturated rings. The number of thiophene rings is 1. The predicted molar refractivity (Wildman–Crippen MR) is 62.7 cm³/mol. The quantitative estimate of drug-likeness (QED) is 0.787. The number of aliphatic hydroxyl groups is 1. The molecule has 14 heavy (non-hydrogen) atoms. The van der Waals surface area contributed by atoms with Gasteiger partial charge in [0, 0.05) is 9.75 Å². The van der Waals surface area contributed by atoms with Gasteiger partial charge in [0.05, 0.1) is 6.10 Å². The maximum atomic E-state index is 9.94. The summed E-state index contributed by atoms with van der Waals surface area (Å²) in [7, 11) is 0. The summed E-state index contributed by atoms with van der Waals surface area (Å²) in [5.41, 5.74) is 0. The number of hydrogen-bond donors (Lipinski definition) is 1. The second-order valence-corrected chi connectivity index (χ2v) is 5.12. The van der Waals surface area contributed by atoms with Crippen LogP contribution in [0.5, 0.6) is 0 Å². The maximum absolute atomic E-state index is 9.94. The van der Waals surface area contributed by atoms with Crippen LogP contribution in [0.15, 0.2) is 12.1 Å². The van der Waals surface area contributed by atoms with Gasteiger partial charge in [-0.25, -0.2) is 0 Å². The lowest BCUT2D eigenvalue weighted by atomic mass is 10.0. The van der Waals surface area contributed by atoms with Crippen LogP contribution >= 0.6 is 11.3 Å². The van der Waals surface area contributed by atoms with Crippen LogP contribution < -0.4 is 0 Å². The van der Waals surface area contributed by atoms with E-state index in [-0.39, 0.29) is 6.10 Å². The second kappa shape index (κ2) is 5.52. The number of rotatable bonds is 5. The zero-order valence-corrected chi connectivity index (χ0v) is 10.1. The van der Waals surface area contributed by atoms with E-state index >= 15 is 0 Å². The highest BCUT2D eigenvalue weighted by atomic mass is 32.1. The highest BCUT2D eigenvalue weighted by Crippen LogP contribution is 2.28. The Kier molecular flexibility index (Phi) is 4.63. The van der Waals surface area contributed by atoms with E-state index in [4.69, 9.17) is 0 Å². The van der Waals surface area contributed by atoms with E-state index in [0.717, 1.165) is 24.1 Å². The Hall–Kier alpha value is -0.340. The molecule has 0 aromatic carbocycles. The van der Waals surface area contributed by atoms with Crippen LogP contribution in [-0.4, -0.2) is 5.11 Å². The molecular weight excluding hydrogens is 192 g/mol. The molecule has 2 unspecified atom stereocenters. The fourth-order valence-electron chi connectivity index (χ4n) is 1.43. The Balaban J connectivity index is 2.55. The SMILES string of the molecule is CCc1ccc(C(O)CC(C)CC)s1. The van der Waals surface area contributed by atoms with E-state index in [2.05, 4.69) is 32.9 Å². The monoisotopic (exact) mass is 212 g/mol. The van der Waals surface area contributed by atoms with Gasteiger partial charge in [0.2, 0.25) is 0 Å². The van der Waals surface area contributed by atoms with Crippen molar-refractivity contribution in [3.05, 3.63) is 21.9 Å². The molecule has 0 radical (unpaired) electrons.